The molecule has 0 saturated carbocycles. The Morgan fingerprint density at radius 1 is 1.29 bits per heavy atom. The summed E-state index contributed by atoms with van der Waals surface area (Å²) in [6.45, 7) is 3.01. The van der Waals surface area contributed by atoms with E-state index in [4.69, 9.17) is 11.6 Å². The van der Waals surface area contributed by atoms with E-state index in [9.17, 15) is 9.18 Å². The summed E-state index contributed by atoms with van der Waals surface area (Å²) >= 11 is 7.39. The third-order valence-electron chi connectivity index (χ3n) is 3.83. The van der Waals surface area contributed by atoms with Crippen molar-refractivity contribution in [2.45, 2.75) is 12.7 Å². The third-order valence-corrected chi connectivity index (χ3v) is 5.22. The van der Waals surface area contributed by atoms with Crippen LogP contribution in [0.2, 0.25) is 5.02 Å². The summed E-state index contributed by atoms with van der Waals surface area (Å²) in [4.78, 5) is 18.8. The number of hydrogen-bond donors (Lipinski definition) is 0. The van der Waals surface area contributed by atoms with Gasteiger partial charge >= 0.3 is 0 Å². The number of aryl methyl sites for hydroxylation is 1. The molecule has 1 heterocycles. The van der Waals surface area contributed by atoms with Gasteiger partial charge in [0.2, 0.25) is 0 Å². The van der Waals surface area contributed by atoms with Gasteiger partial charge in [-0.2, -0.15) is 0 Å². The molecule has 3 rings (SSSR count). The van der Waals surface area contributed by atoms with E-state index in [0.29, 0.717) is 40.2 Å². The van der Waals surface area contributed by atoms with Crippen LogP contribution in [0.4, 0.5) is 4.39 Å². The normalized spacial score (nSPS) is 14.0. The van der Waals surface area contributed by atoms with Crippen molar-refractivity contribution in [3.05, 3.63) is 70.0 Å². The van der Waals surface area contributed by atoms with Gasteiger partial charge in [0, 0.05) is 28.4 Å². The van der Waals surface area contributed by atoms with Gasteiger partial charge in [0.1, 0.15) is 5.82 Å². The third kappa shape index (κ3) is 3.47. The quantitative estimate of drug-likeness (QED) is 0.803. The molecule has 24 heavy (non-hydrogen) atoms. The zero-order chi connectivity index (χ0) is 17.1. The molecule has 0 saturated heterocycles. The van der Waals surface area contributed by atoms with E-state index in [0.717, 1.165) is 5.56 Å². The number of nitrogens with zero attached hydrogens (tertiary/aromatic N) is 2. The van der Waals surface area contributed by atoms with Crippen molar-refractivity contribution < 1.29 is 9.18 Å². The molecule has 0 spiro atoms. The Bertz CT molecular complexity index is 789. The fraction of sp³-hybridized carbons (Fsp3) is 0.222. The van der Waals surface area contributed by atoms with Gasteiger partial charge in [-0.1, -0.05) is 47.6 Å². The van der Waals surface area contributed by atoms with Crippen LogP contribution in [0.5, 0.6) is 0 Å². The summed E-state index contributed by atoms with van der Waals surface area (Å²) in [5.41, 5.74) is 2.02. The molecule has 0 radical (unpaired) electrons. The molecule has 0 aliphatic carbocycles. The van der Waals surface area contributed by atoms with Gasteiger partial charge in [-0.15, -0.1) is 0 Å². The first-order valence-electron chi connectivity index (χ1n) is 7.55. The average molecular weight is 363 g/mol. The second-order valence-electron chi connectivity index (χ2n) is 5.42. The second-order valence-corrected chi connectivity index (χ2v) is 6.77. The molecule has 6 heteroatoms. The van der Waals surface area contributed by atoms with Crippen molar-refractivity contribution in [3.63, 3.8) is 0 Å². The molecular formula is C18H16ClFN2OS. The van der Waals surface area contributed by atoms with E-state index in [1.807, 2.05) is 31.2 Å². The summed E-state index contributed by atoms with van der Waals surface area (Å²) in [6, 6.07) is 12.1. The lowest BCUT2D eigenvalue weighted by molar-refractivity contribution is 0.0860. The van der Waals surface area contributed by atoms with Gasteiger partial charge < -0.3 is 0 Å². The highest BCUT2D eigenvalue weighted by molar-refractivity contribution is 8.13. The fourth-order valence-electron chi connectivity index (χ4n) is 2.50. The summed E-state index contributed by atoms with van der Waals surface area (Å²) in [6.07, 6.45) is 0. The van der Waals surface area contributed by atoms with Gasteiger partial charge in [0.15, 0.2) is 5.17 Å². The Labute approximate surface area is 149 Å². The topological polar surface area (TPSA) is 32.7 Å². The van der Waals surface area contributed by atoms with Gasteiger partial charge in [-0.3, -0.25) is 14.7 Å². The Morgan fingerprint density at radius 2 is 2.08 bits per heavy atom. The zero-order valence-electron chi connectivity index (χ0n) is 13.1. The van der Waals surface area contributed by atoms with Gasteiger partial charge in [-0.25, -0.2) is 4.39 Å². The standard InChI is InChI=1S/C18H16ClFN2OS/c1-12-5-2-3-6-13(12)17(23)22-10-9-21-18(22)24-11-14-15(19)7-4-8-16(14)20/h2-8H,9-11H2,1H3. The first-order valence-corrected chi connectivity index (χ1v) is 8.92. The number of rotatable bonds is 3. The van der Waals surface area contributed by atoms with E-state index in [2.05, 4.69) is 4.99 Å². The maximum Gasteiger partial charge on any atom is 0.260 e. The van der Waals surface area contributed by atoms with E-state index in [1.165, 1.54) is 17.8 Å². The SMILES string of the molecule is Cc1ccccc1C(=O)N1CCN=C1SCc1c(F)cccc1Cl. The van der Waals surface area contributed by atoms with Crippen molar-refractivity contribution in [2.24, 2.45) is 4.99 Å². The molecule has 0 atom stereocenters. The fourth-order valence-corrected chi connectivity index (χ4v) is 3.89. The number of amides is 1. The number of benzene rings is 2. The van der Waals surface area contributed by atoms with E-state index < -0.39 is 0 Å². The number of thioether (sulfide) groups is 1. The molecule has 1 aliphatic heterocycles. The van der Waals surface area contributed by atoms with E-state index >= 15 is 0 Å². The monoisotopic (exact) mass is 362 g/mol. The number of halogens is 2. The molecule has 1 amide bonds. The summed E-state index contributed by atoms with van der Waals surface area (Å²) < 4.78 is 13.9. The first-order chi connectivity index (χ1) is 11.6. The number of carbonyl (C=O) groups is 1. The smallest absolute Gasteiger partial charge is 0.260 e. The largest absolute Gasteiger partial charge is 0.286 e. The molecule has 0 aromatic heterocycles. The molecular weight excluding hydrogens is 347 g/mol. The molecule has 0 fully saturated rings. The minimum absolute atomic E-state index is 0.0727. The van der Waals surface area contributed by atoms with Crippen molar-refractivity contribution in [3.8, 4) is 0 Å². The van der Waals surface area contributed by atoms with Gasteiger partial charge in [0.05, 0.1) is 6.54 Å². The van der Waals surface area contributed by atoms with Crippen LogP contribution in [-0.2, 0) is 5.75 Å². The van der Waals surface area contributed by atoms with E-state index in [-0.39, 0.29) is 11.7 Å². The Hall–Kier alpha value is -1.85. The number of amidine groups is 1. The van der Waals surface area contributed by atoms with Crippen molar-refractivity contribution >= 4 is 34.4 Å². The Balaban J connectivity index is 1.75. The number of carbonyl (C=O) groups excluding carboxylic acids is 1. The minimum Gasteiger partial charge on any atom is -0.286 e. The molecule has 0 unspecified atom stereocenters. The lowest BCUT2D eigenvalue weighted by Gasteiger charge is -2.19. The molecule has 2 aromatic rings. The highest BCUT2D eigenvalue weighted by Crippen LogP contribution is 2.27. The van der Waals surface area contributed by atoms with Crippen molar-refractivity contribution in [2.75, 3.05) is 13.1 Å². The molecule has 3 nitrogen and oxygen atoms in total. The molecule has 0 bridgehead atoms. The van der Waals surface area contributed by atoms with Crippen LogP contribution >= 0.6 is 23.4 Å². The maximum absolute atomic E-state index is 13.9. The first kappa shape index (κ1) is 17.0. The maximum atomic E-state index is 13.9. The Kier molecular flexibility index (Phi) is 5.21. The predicted octanol–water partition coefficient (Wildman–Crippen LogP) is 4.53. The zero-order valence-corrected chi connectivity index (χ0v) is 14.7. The molecule has 124 valence electrons. The lowest BCUT2D eigenvalue weighted by atomic mass is 10.1. The van der Waals surface area contributed by atoms with Crippen LogP contribution in [0.25, 0.3) is 0 Å². The van der Waals surface area contributed by atoms with E-state index in [1.54, 1.807) is 17.0 Å². The van der Waals surface area contributed by atoms with Crippen LogP contribution in [0.1, 0.15) is 21.5 Å². The molecule has 1 aliphatic rings. The molecule has 0 N–H and O–H groups in total. The second kappa shape index (κ2) is 7.36. The number of aliphatic imine (C=N–C) groups is 1. The number of hydrogen-bond acceptors (Lipinski definition) is 3. The highest BCUT2D eigenvalue weighted by Gasteiger charge is 2.26. The van der Waals surface area contributed by atoms with Crippen LogP contribution in [0.15, 0.2) is 47.5 Å². The summed E-state index contributed by atoms with van der Waals surface area (Å²) in [5, 5.41) is 1.00. The summed E-state index contributed by atoms with van der Waals surface area (Å²) in [5.74, 6) is -0.0797. The lowest BCUT2D eigenvalue weighted by Crippen LogP contribution is -2.33. The molecule has 2 aromatic carbocycles. The van der Waals surface area contributed by atoms with Crippen LogP contribution in [0, 0.1) is 12.7 Å². The van der Waals surface area contributed by atoms with Crippen LogP contribution < -0.4 is 0 Å². The van der Waals surface area contributed by atoms with Gasteiger partial charge in [-0.05, 0) is 30.7 Å². The average Bonchev–Trinajstić information content (AvgIpc) is 3.03. The van der Waals surface area contributed by atoms with Crippen molar-refractivity contribution in [1.29, 1.82) is 0 Å². The Morgan fingerprint density at radius 3 is 2.83 bits per heavy atom. The van der Waals surface area contributed by atoms with Gasteiger partial charge in [0.25, 0.3) is 5.91 Å². The minimum atomic E-state index is -0.342. The highest BCUT2D eigenvalue weighted by atomic mass is 35.5. The van der Waals surface area contributed by atoms with Crippen LogP contribution in [-0.4, -0.2) is 29.1 Å². The summed E-state index contributed by atoms with van der Waals surface area (Å²) in [7, 11) is 0. The predicted molar refractivity (Wildman–Crippen MR) is 97.2 cm³/mol. The van der Waals surface area contributed by atoms with Crippen LogP contribution in [0.3, 0.4) is 0 Å². The van der Waals surface area contributed by atoms with Crippen molar-refractivity contribution in [1.82, 2.24) is 4.90 Å².